The van der Waals surface area contributed by atoms with Crippen LogP contribution in [0, 0.1) is 6.92 Å². The zero-order valence-electron chi connectivity index (χ0n) is 10.9. The number of rotatable bonds is 4. The SMILES string of the molecule is CNc1ncc(C)cc1CC(=O)c1cc(Cl)nnc1Cl. The monoisotopic (exact) mass is 310 g/mol. The van der Waals surface area contributed by atoms with Gasteiger partial charge in [-0.1, -0.05) is 29.3 Å². The van der Waals surface area contributed by atoms with E-state index in [9.17, 15) is 4.79 Å². The largest absolute Gasteiger partial charge is 0.373 e. The molecule has 104 valence electrons. The summed E-state index contributed by atoms with van der Waals surface area (Å²) in [7, 11) is 1.75. The van der Waals surface area contributed by atoms with Crippen LogP contribution in [-0.2, 0) is 6.42 Å². The summed E-state index contributed by atoms with van der Waals surface area (Å²) in [6.07, 6.45) is 1.89. The molecule has 0 radical (unpaired) electrons. The minimum absolute atomic E-state index is 0.0472. The number of aromatic nitrogens is 3. The highest BCUT2D eigenvalue weighted by Gasteiger charge is 2.16. The van der Waals surface area contributed by atoms with Gasteiger partial charge in [0.1, 0.15) is 5.82 Å². The van der Waals surface area contributed by atoms with E-state index in [0.29, 0.717) is 5.82 Å². The zero-order valence-corrected chi connectivity index (χ0v) is 12.5. The van der Waals surface area contributed by atoms with Crippen molar-refractivity contribution < 1.29 is 4.79 Å². The highest BCUT2D eigenvalue weighted by molar-refractivity contribution is 6.34. The topological polar surface area (TPSA) is 67.8 Å². The first-order valence-corrected chi connectivity index (χ1v) is 6.62. The number of nitrogens with one attached hydrogen (secondary N) is 1. The van der Waals surface area contributed by atoms with Gasteiger partial charge in [-0.25, -0.2) is 4.98 Å². The summed E-state index contributed by atoms with van der Waals surface area (Å²) in [4.78, 5) is 16.5. The Morgan fingerprint density at radius 1 is 1.30 bits per heavy atom. The Balaban J connectivity index is 2.32. The lowest BCUT2D eigenvalue weighted by Crippen LogP contribution is -2.09. The number of pyridine rings is 1. The Kier molecular flexibility index (Phi) is 4.52. The fourth-order valence-corrected chi connectivity index (χ4v) is 2.15. The molecule has 0 aliphatic carbocycles. The highest BCUT2D eigenvalue weighted by atomic mass is 35.5. The highest BCUT2D eigenvalue weighted by Crippen LogP contribution is 2.20. The van der Waals surface area contributed by atoms with Crippen molar-refractivity contribution in [2.75, 3.05) is 12.4 Å². The average Bonchev–Trinajstić information content (AvgIpc) is 2.41. The van der Waals surface area contributed by atoms with Crippen LogP contribution >= 0.6 is 23.2 Å². The molecule has 0 saturated carbocycles. The summed E-state index contributed by atoms with van der Waals surface area (Å²) in [5, 5.41) is 10.4. The smallest absolute Gasteiger partial charge is 0.170 e. The molecule has 2 aromatic rings. The molecule has 2 heterocycles. The number of anilines is 1. The molecule has 20 heavy (non-hydrogen) atoms. The molecule has 0 fully saturated rings. The molecular weight excluding hydrogens is 299 g/mol. The lowest BCUT2D eigenvalue weighted by atomic mass is 10.0. The molecule has 0 amide bonds. The second-order valence-electron chi connectivity index (χ2n) is 4.24. The first kappa shape index (κ1) is 14.7. The summed E-state index contributed by atoms with van der Waals surface area (Å²) in [6.45, 7) is 1.91. The number of carbonyl (C=O) groups is 1. The molecule has 0 aromatic carbocycles. The van der Waals surface area contributed by atoms with Crippen LogP contribution < -0.4 is 5.32 Å². The van der Waals surface area contributed by atoms with Crippen LogP contribution in [0.5, 0.6) is 0 Å². The van der Waals surface area contributed by atoms with E-state index in [1.54, 1.807) is 13.2 Å². The lowest BCUT2D eigenvalue weighted by molar-refractivity contribution is 0.0992. The van der Waals surface area contributed by atoms with Crippen molar-refractivity contribution in [2.24, 2.45) is 0 Å². The maximum atomic E-state index is 12.3. The van der Waals surface area contributed by atoms with E-state index >= 15 is 0 Å². The standard InChI is InChI=1S/C13H12Cl2N4O/c1-7-3-8(13(16-2)17-6-7)4-10(20)9-5-11(14)18-19-12(9)15/h3,5-6H,4H2,1-2H3,(H,16,17). The molecule has 0 aliphatic rings. The Morgan fingerprint density at radius 3 is 2.75 bits per heavy atom. The molecule has 2 rings (SSSR count). The maximum absolute atomic E-state index is 12.3. The van der Waals surface area contributed by atoms with Crippen LogP contribution in [0.15, 0.2) is 18.3 Å². The van der Waals surface area contributed by atoms with Gasteiger partial charge in [-0.05, 0) is 18.6 Å². The third-order valence-electron chi connectivity index (χ3n) is 2.71. The number of aryl methyl sites for hydroxylation is 1. The van der Waals surface area contributed by atoms with Crippen molar-refractivity contribution in [1.29, 1.82) is 0 Å². The molecule has 5 nitrogen and oxygen atoms in total. The molecule has 0 saturated heterocycles. The summed E-state index contributed by atoms with van der Waals surface area (Å²) in [5.41, 5.74) is 2.03. The normalized spacial score (nSPS) is 10.4. The van der Waals surface area contributed by atoms with Gasteiger partial charge in [0.15, 0.2) is 16.1 Å². The van der Waals surface area contributed by atoms with E-state index in [-0.39, 0.29) is 28.1 Å². The van der Waals surface area contributed by atoms with Crippen LogP contribution in [-0.4, -0.2) is 28.0 Å². The minimum atomic E-state index is -0.185. The first-order chi connectivity index (χ1) is 9.51. The Labute approximate surface area is 126 Å². The fraction of sp³-hybridized carbons (Fsp3) is 0.231. The van der Waals surface area contributed by atoms with Gasteiger partial charge >= 0.3 is 0 Å². The predicted molar refractivity (Wildman–Crippen MR) is 78.6 cm³/mol. The Bertz CT molecular complexity index is 661. The number of halogens is 2. The molecule has 0 bridgehead atoms. The van der Waals surface area contributed by atoms with Gasteiger partial charge in [0.2, 0.25) is 0 Å². The Hall–Kier alpha value is -1.72. The van der Waals surface area contributed by atoms with Crippen molar-refractivity contribution in [2.45, 2.75) is 13.3 Å². The fourth-order valence-electron chi connectivity index (χ4n) is 1.81. The van der Waals surface area contributed by atoms with Crippen molar-refractivity contribution >= 4 is 34.8 Å². The van der Waals surface area contributed by atoms with E-state index < -0.39 is 0 Å². The number of carbonyl (C=O) groups excluding carboxylic acids is 1. The van der Waals surface area contributed by atoms with E-state index in [0.717, 1.165) is 11.1 Å². The van der Waals surface area contributed by atoms with E-state index in [1.165, 1.54) is 6.07 Å². The average molecular weight is 311 g/mol. The van der Waals surface area contributed by atoms with Crippen molar-refractivity contribution in [1.82, 2.24) is 15.2 Å². The number of hydrogen-bond donors (Lipinski definition) is 1. The van der Waals surface area contributed by atoms with Crippen LogP contribution in [0.2, 0.25) is 10.3 Å². The predicted octanol–water partition coefficient (Wildman–Crippen LogP) is 2.95. The van der Waals surface area contributed by atoms with Crippen molar-refractivity contribution in [3.63, 3.8) is 0 Å². The second-order valence-corrected chi connectivity index (χ2v) is 4.99. The molecule has 0 aliphatic heterocycles. The molecule has 0 spiro atoms. The molecule has 1 N–H and O–H groups in total. The van der Waals surface area contributed by atoms with Crippen molar-refractivity contribution in [3.05, 3.63) is 45.3 Å². The lowest BCUT2D eigenvalue weighted by Gasteiger charge is -2.09. The second kappa shape index (κ2) is 6.15. The first-order valence-electron chi connectivity index (χ1n) is 5.86. The zero-order chi connectivity index (χ0) is 14.7. The van der Waals surface area contributed by atoms with Crippen LogP contribution in [0.3, 0.4) is 0 Å². The Morgan fingerprint density at radius 2 is 2.05 bits per heavy atom. The van der Waals surface area contributed by atoms with Crippen molar-refractivity contribution in [3.8, 4) is 0 Å². The van der Waals surface area contributed by atoms with E-state index in [4.69, 9.17) is 23.2 Å². The molecule has 2 aromatic heterocycles. The van der Waals surface area contributed by atoms with Crippen LogP contribution in [0.25, 0.3) is 0 Å². The third-order valence-corrected chi connectivity index (χ3v) is 3.17. The quantitative estimate of drug-likeness (QED) is 0.879. The number of Topliss-reactive ketones (excluding diaryl/α,β-unsaturated/α-hetero) is 1. The van der Waals surface area contributed by atoms with Gasteiger partial charge < -0.3 is 5.32 Å². The molecular formula is C13H12Cl2N4O. The van der Waals surface area contributed by atoms with Gasteiger partial charge in [-0.3, -0.25) is 4.79 Å². The van der Waals surface area contributed by atoms with Gasteiger partial charge in [0, 0.05) is 25.2 Å². The van der Waals surface area contributed by atoms with E-state index in [2.05, 4.69) is 20.5 Å². The van der Waals surface area contributed by atoms with Gasteiger partial charge in [-0.15, -0.1) is 10.2 Å². The maximum Gasteiger partial charge on any atom is 0.170 e. The molecule has 0 unspecified atom stereocenters. The summed E-state index contributed by atoms with van der Waals surface area (Å²) < 4.78 is 0. The number of ketones is 1. The molecule has 0 atom stereocenters. The van der Waals surface area contributed by atoms with E-state index in [1.807, 2.05) is 13.0 Å². The summed E-state index contributed by atoms with van der Waals surface area (Å²) in [5.74, 6) is 0.476. The van der Waals surface area contributed by atoms with Crippen LogP contribution in [0.1, 0.15) is 21.5 Å². The van der Waals surface area contributed by atoms with Gasteiger partial charge in [-0.2, -0.15) is 0 Å². The van der Waals surface area contributed by atoms with Gasteiger partial charge in [0.25, 0.3) is 0 Å². The van der Waals surface area contributed by atoms with Crippen LogP contribution in [0.4, 0.5) is 5.82 Å². The summed E-state index contributed by atoms with van der Waals surface area (Å²) >= 11 is 11.6. The number of nitrogens with zero attached hydrogens (tertiary/aromatic N) is 3. The minimum Gasteiger partial charge on any atom is -0.373 e. The third kappa shape index (κ3) is 3.23. The number of hydrogen-bond acceptors (Lipinski definition) is 5. The summed E-state index contributed by atoms with van der Waals surface area (Å²) in [6, 6.07) is 3.32. The van der Waals surface area contributed by atoms with Gasteiger partial charge in [0.05, 0.1) is 5.56 Å². The molecule has 7 heteroatoms.